The molecule has 0 saturated carbocycles. The summed E-state index contributed by atoms with van der Waals surface area (Å²) in [6, 6.07) is 8.72. The summed E-state index contributed by atoms with van der Waals surface area (Å²) in [7, 11) is 0. The summed E-state index contributed by atoms with van der Waals surface area (Å²) in [5, 5.41) is 0. The highest BCUT2D eigenvalue weighted by Crippen LogP contribution is 2.12. The van der Waals surface area contributed by atoms with E-state index in [1.807, 2.05) is 0 Å². The van der Waals surface area contributed by atoms with E-state index in [2.05, 4.69) is 42.5 Å². The van der Waals surface area contributed by atoms with Crippen LogP contribution in [0.1, 0.15) is 30.4 Å². The molecule has 16 heavy (non-hydrogen) atoms. The van der Waals surface area contributed by atoms with Crippen LogP contribution in [0.3, 0.4) is 0 Å². The Bertz CT molecular complexity index is 352. The highest BCUT2D eigenvalue weighted by atomic mass is 15.2. The Morgan fingerprint density at radius 2 is 2.19 bits per heavy atom. The van der Waals surface area contributed by atoms with Crippen molar-refractivity contribution in [3.63, 3.8) is 0 Å². The average molecular weight is 216 g/mol. The Kier molecular flexibility index (Phi) is 5.63. The molecule has 0 fully saturated rings. The van der Waals surface area contributed by atoms with E-state index >= 15 is 0 Å². The molecule has 1 unspecified atom stereocenters. The molecular weight excluding hydrogens is 196 g/mol. The summed E-state index contributed by atoms with van der Waals surface area (Å²) in [6.45, 7) is 2.13. The lowest BCUT2D eigenvalue weighted by molar-refractivity contribution is 0.479. The largest absolute Gasteiger partial charge is 0.271 e. The highest BCUT2D eigenvalue weighted by Gasteiger charge is 2.08. The molecular formula is C14H20N2. The lowest BCUT2D eigenvalue weighted by Crippen LogP contribution is -2.36. The Morgan fingerprint density at radius 3 is 2.81 bits per heavy atom. The fraction of sp³-hybridized carbons (Fsp3) is 0.429. The second-order valence-corrected chi connectivity index (χ2v) is 4.09. The fourth-order valence-electron chi connectivity index (χ4n) is 1.80. The summed E-state index contributed by atoms with van der Waals surface area (Å²) < 4.78 is 0. The van der Waals surface area contributed by atoms with Gasteiger partial charge in [-0.2, -0.15) is 0 Å². The molecule has 0 heterocycles. The number of terminal acetylenes is 1. The Morgan fingerprint density at radius 1 is 1.44 bits per heavy atom. The van der Waals surface area contributed by atoms with Gasteiger partial charge in [-0.15, -0.1) is 12.3 Å². The topological polar surface area (TPSA) is 38.0 Å². The number of aryl methyl sites for hydroxylation is 1. The Hall–Kier alpha value is -1.30. The molecule has 1 aromatic carbocycles. The molecule has 0 aliphatic heterocycles. The van der Waals surface area contributed by atoms with Crippen LogP contribution in [-0.4, -0.2) is 6.04 Å². The molecule has 1 aromatic rings. The van der Waals surface area contributed by atoms with E-state index in [9.17, 15) is 0 Å². The van der Waals surface area contributed by atoms with Gasteiger partial charge in [0.1, 0.15) is 0 Å². The molecule has 2 heteroatoms. The molecule has 0 aliphatic carbocycles. The standard InChI is InChI=1S/C14H20N2/c1-3-4-5-10-14(16-15)11-13-9-7-6-8-12(13)2/h1,6-9,14,16H,4-5,10-11,15H2,2H3. The van der Waals surface area contributed by atoms with E-state index in [-0.39, 0.29) is 0 Å². The molecule has 0 saturated heterocycles. The van der Waals surface area contributed by atoms with Crippen molar-refractivity contribution in [2.24, 2.45) is 5.84 Å². The average Bonchev–Trinajstić information content (AvgIpc) is 2.30. The smallest absolute Gasteiger partial charge is 0.0251 e. The SMILES string of the molecule is C#CCCCC(Cc1ccccc1C)NN. The van der Waals surface area contributed by atoms with Gasteiger partial charge in [-0.25, -0.2) is 0 Å². The van der Waals surface area contributed by atoms with Gasteiger partial charge in [0, 0.05) is 12.5 Å². The first-order valence-corrected chi connectivity index (χ1v) is 5.72. The molecule has 0 aliphatic rings. The second-order valence-electron chi connectivity index (χ2n) is 4.09. The van der Waals surface area contributed by atoms with E-state index < -0.39 is 0 Å². The number of rotatable bonds is 6. The van der Waals surface area contributed by atoms with Crippen LogP contribution in [0.15, 0.2) is 24.3 Å². The van der Waals surface area contributed by atoms with Gasteiger partial charge in [-0.3, -0.25) is 11.3 Å². The maximum atomic E-state index is 5.55. The molecule has 0 aromatic heterocycles. The third-order valence-electron chi connectivity index (χ3n) is 2.84. The van der Waals surface area contributed by atoms with Crippen molar-refractivity contribution in [2.75, 3.05) is 0 Å². The molecule has 1 rings (SSSR count). The first-order valence-electron chi connectivity index (χ1n) is 5.72. The molecule has 0 bridgehead atoms. The van der Waals surface area contributed by atoms with Crippen molar-refractivity contribution in [1.82, 2.24) is 5.43 Å². The molecule has 0 amide bonds. The van der Waals surface area contributed by atoms with Crippen molar-refractivity contribution in [2.45, 2.75) is 38.6 Å². The number of hydrogen-bond acceptors (Lipinski definition) is 2. The maximum Gasteiger partial charge on any atom is 0.0251 e. The van der Waals surface area contributed by atoms with Crippen LogP contribution in [0.4, 0.5) is 0 Å². The van der Waals surface area contributed by atoms with Crippen LogP contribution in [0.25, 0.3) is 0 Å². The van der Waals surface area contributed by atoms with Gasteiger partial charge in [0.2, 0.25) is 0 Å². The summed E-state index contributed by atoms with van der Waals surface area (Å²) in [4.78, 5) is 0. The molecule has 1 atom stereocenters. The Balaban J connectivity index is 2.50. The fourth-order valence-corrected chi connectivity index (χ4v) is 1.80. The lowest BCUT2D eigenvalue weighted by atomic mass is 9.98. The number of hydrazine groups is 1. The van der Waals surface area contributed by atoms with Crippen LogP contribution in [0.5, 0.6) is 0 Å². The zero-order chi connectivity index (χ0) is 11.8. The summed E-state index contributed by atoms with van der Waals surface area (Å²) in [5.74, 6) is 8.21. The molecule has 2 nitrogen and oxygen atoms in total. The number of nitrogens with one attached hydrogen (secondary N) is 1. The lowest BCUT2D eigenvalue weighted by Gasteiger charge is -2.16. The summed E-state index contributed by atoms with van der Waals surface area (Å²) in [5.41, 5.74) is 5.54. The van der Waals surface area contributed by atoms with Gasteiger partial charge in [0.25, 0.3) is 0 Å². The van der Waals surface area contributed by atoms with Crippen molar-refractivity contribution in [1.29, 1.82) is 0 Å². The molecule has 0 spiro atoms. The van der Waals surface area contributed by atoms with Gasteiger partial charge < -0.3 is 0 Å². The maximum absolute atomic E-state index is 5.55. The number of hydrogen-bond donors (Lipinski definition) is 2. The van der Waals surface area contributed by atoms with Crippen LogP contribution < -0.4 is 11.3 Å². The zero-order valence-corrected chi connectivity index (χ0v) is 9.87. The van der Waals surface area contributed by atoms with Crippen LogP contribution in [0, 0.1) is 19.3 Å². The third-order valence-corrected chi connectivity index (χ3v) is 2.84. The predicted molar refractivity (Wildman–Crippen MR) is 68.7 cm³/mol. The number of benzene rings is 1. The highest BCUT2D eigenvalue weighted by molar-refractivity contribution is 5.26. The van der Waals surface area contributed by atoms with Gasteiger partial charge in [-0.05, 0) is 37.3 Å². The summed E-state index contributed by atoms with van der Waals surface area (Å²) in [6.07, 6.45) is 9.07. The van der Waals surface area contributed by atoms with E-state index in [1.165, 1.54) is 11.1 Å². The first kappa shape index (κ1) is 12.8. The van der Waals surface area contributed by atoms with E-state index in [1.54, 1.807) is 0 Å². The van der Waals surface area contributed by atoms with E-state index in [0.717, 1.165) is 25.7 Å². The van der Waals surface area contributed by atoms with Gasteiger partial charge in [0.05, 0.1) is 0 Å². The molecule has 0 radical (unpaired) electrons. The second kappa shape index (κ2) is 7.05. The van der Waals surface area contributed by atoms with Crippen molar-refractivity contribution in [3.8, 4) is 12.3 Å². The first-order chi connectivity index (χ1) is 7.77. The minimum Gasteiger partial charge on any atom is -0.271 e. The van der Waals surface area contributed by atoms with E-state index in [4.69, 9.17) is 12.3 Å². The van der Waals surface area contributed by atoms with Crippen molar-refractivity contribution < 1.29 is 0 Å². The molecule has 86 valence electrons. The minimum absolute atomic E-state index is 0.314. The quantitative estimate of drug-likeness (QED) is 0.331. The summed E-state index contributed by atoms with van der Waals surface area (Å²) >= 11 is 0. The Labute approximate surface area is 98.2 Å². The normalized spacial score (nSPS) is 12.1. The predicted octanol–water partition coefficient (Wildman–Crippen LogP) is 2.17. The third kappa shape index (κ3) is 4.06. The number of unbranched alkanes of at least 4 members (excludes halogenated alkanes) is 1. The zero-order valence-electron chi connectivity index (χ0n) is 9.87. The van der Waals surface area contributed by atoms with Crippen LogP contribution >= 0.6 is 0 Å². The molecule has 3 N–H and O–H groups in total. The van der Waals surface area contributed by atoms with Gasteiger partial charge in [0.15, 0.2) is 0 Å². The van der Waals surface area contributed by atoms with E-state index in [0.29, 0.717) is 6.04 Å². The van der Waals surface area contributed by atoms with Crippen molar-refractivity contribution in [3.05, 3.63) is 35.4 Å². The van der Waals surface area contributed by atoms with Gasteiger partial charge in [-0.1, -0.05) is 24.3 Å². The van der Waals surface area contributed by atoms with Crippen molar-refractivity contribution >= 4 is 0 Å². The monoisotopic (exact) mass is 216 g/mol. The minimum atomic E-state index is 0.314. The number of nitrogens with two attached hydrogens (primary N) is 1. The van der Waals surface area contributed by atoms with Crippen LogP contribution in [0.2, 0.25) is 0 Å². The van der Waals surface area contributed by atoms with Crippen LogP contribution in [-0.2, 0) is 6.42 Å². The van der Waals surface area contributed by atoms with Gasteiger partial charge >= 0.3 is 0 Å².